The van der Waals surface area contributed by atoms with Gasteiger partial charge in [-0.05, 0) is 50.9 Å². The van der Waals surface area contributed by atoms with Crippen LogP contribution >= 0.6 is 7.82 Å². The fourth-order valence-electron chi connectivity index (χ4n) is 13.4. The number of carbonyl (C=O) groups is 3. The number of hydrogen-bond acceptors (Lipinski definition) is 23. The average Bonchev–Trinajstić information content (AvgIpc) is 0.761. The van der Waals surface area contributed by atoms with E-state index in [-0.39, 0.29) is 19.3 Å². The minimum absolute atomic E-state index is 0.00906. The zero-order valence-corrected chi connectivity index (χ0v) is 63.3. The first-order chi connectivity index (χ1) is 48.7. The molecule has 0 aromatic heterocycles. The van der Waals surface area contributed by atoms with Crippen LogP contribution < -0.4 is 0 Å². The van der Waals surface area contributed by atoms with Crippen LogP contribution in [0.2, 0.25) is 0 Å². The van der Waals surface area contributed by atoms with Crippen LogP contribution in [-0.2, 0) is 61.2 Å². The topological polar surface area (TPSA) is 374 Å². The van der Waals surface area contributed by atoms with Crippen LogP contribution in [0.15, 0.2) is 12.2 Å². The molecule has 594 valence electrons. The number of phosphoric acid groups is 1. The number of aliphatic hydroxyl groups excluding tert-OH is 10. The molecule has 2 heterocycles. The summed E-state index contributed by atoms with van der Waals surface area (Å²) in [5.74, 6) is -1.30. The van der Waals surface area contributed by atoms with Crippen LogP contribution in [0.4, 0.5) is 0 Å². The summed E-state index contributed by atoms with van der Waals surface area (Å²) in [5.41, 5.74) is 0. The fraction of sp³-hybridized carbons (Fsp3) is 0.934. The first-order valence-corrected chi connectivity index (χ1v) is 41.4. The zero-order valence-electron chi connectivity index (χ0n) is 62.4. The van der Waals surface area contributed by atoms with Gasteiger partial charge in [0.25, 0.3) is 0 Å². The van der Waals surface area contributed by atoms with Gasteiger partial charge in [-0.2, -0.15) is 0 Å². The van der Waals surface area contributed by atoms with E-state index in [1.807, 2.05) is 0 Å². The van der Waals surface area contributed by atoms with E-state index < -0.39 is 156 Å². The second kappa shape index (κ2) is 56.9. The molecular formula is C76H141O24P. The summed E-state index contributed by atoms with van der Waals surface area (Å²) in [6.07, 6.45) is 15.5. The second-order valence-electron chi connectivity index (χ2n) is 29.1. The molecule has 2 aliphatic heterocycles. The largest absolute Gasteiger partial charge is 0.472 e. The first kappa shape index (κ1) is 92.9. The molecule has 1 saturated carbocycles. The zero-order chi connectivity index (χ0) is 74.1. The van der Waals surface area contributed by atoms with E-state index in [2.05, 4.69) is 39.8 Å². The monoisotopic (exact) mass is 1470 g/mol. The third-order valence-corrected chi connectivity index (χ3v) is 20.9. The fourth-order valence-corrected chi connectivity index (χ4v) is 14.3. The molecule has 2 saturated heterocycles. The number of allylic oxidation sites excluding steroid dienone is 2. The maximum atomic E-state index is 14.4. The highest BCUT2D eigenvalue weighted by Gasteiger charge is 2.58. The SMILES string of the molecule is CCCCCCCC/C=C\CCCCCC(=O)OCC1OC(OC2C(O)C(O)C(O)C(OC3OC(CO)C(O)C(O)C3O)C2OP(=O)(O)OCC(COC(=O)CCCCCCCCC(C)CCCCCCCC)OC(=O)CCCCCCCCCCCCCCCCCCC)C(O)C(O)C1O. The van der Waals surface area contributed by atoms with Crippen molar-refractivity contribution < 1.29 is 117 Å². The standard InChI is InChI=1S/C76H141O24P/c1-5-8-11-14-17-19-21-23-24-25-26-28-30-32-34-41-46-51-62(80)95-57(53-92-60(78)49-44-40-36-35-38-43-48-56(4)47-42-37-16-13-10-7-3)54-94-101(90,91)100-74-72(98-75-70(88)65(83)63(81)58(52-77)96-75)68(86)67(85)69(87)73(74)99-76-71(89)66(84)64(82)59(97-76)55-93-61(79)50-45-39-33-31-29-27-22-20-18-15-12-9-6-2/h27,29,56-59,63-77,81-89H,5-26,28,30-55H2,1-4H3,(H,90,91)/b29-27-. The molecule has 0 radical (unpaired) electrons. The molecule has 1 aliphatic carbocycles. The van der Waals surface area contributed by atoms with Gasteiger partial charge in [-0.3, -0.25) is 23.4 Å². The highest BCUT2D eigenvalue weighted by Crippen LogP contribution is 2.49. The van der Waals surface area contributed by atoms with E-state index in [1.54, 1.807) is 0 Å². The molecule has 19 atom stereocenters. The van der Waals surface area contributed by atoms with Crippen LogP contribution in [0, 0.1) is 5.92 Å². The lowest BCUT2D eigenvalue weighted by Gasteiger charge is -2.49. The Kier molecular flexibility index (Phi) is 52.4. The van der Waals surface area contributed by atoms with E-state index in [9.17, 15) is 74.9 Å². The van der Waals surface area contributed by atoms with Gasteiger partial charge in [-0.1, -0.05) is 265 Å². The maximum absolute atomic E-state index is 14.4. The number of rotatable bonds is 62. The van der Waals surface area contributed by atoms with Gasteiger partial charge in [0, 0.05) is 19.3 Å². The Bertz CT molecular complexity index is 2150. The van der Waals surface area contributed by atoms with Gasteiger partial charge in [0.1, 0.15) is 98.7 Å². The van der Waals surface area contributed by atoms with Gasteiger partial charge in [0.15, 0.2) is 18.7 Å². The van der Waals surface area contributed by atoms with Crippen LogP contribution in [0.1, 0.15) is 317 Å². The molecule has 11 N–H and O–H groups in total. The summed E-state index contributed by atoms with van der Waals surface area (Å²) in [7, 11) is -5.70. The smallest absolute Gasteiger partial charge is 0.463 e. The van der Waals surface area contributed by atoms with Crippen LogP contribution in [0.25, 0.3) is 0 Å². The lowest BCUT2D eigenvalue weighted by molar-refractivity contribution is -0.360. The third-order valence-electron chi connectivity index (χ3n) is 19.9. The third kappa shape index (κ3) is 39.9. The highest BCUT2D eigenvalue weighted by atomic mass is 31.2. The normalized spacial score (nSPS) is 27.5. The number of aliphatic hydroxyl groups is 10. The van der Waals surface area contributed by atoms with Crippen molar-refractivity contribution in [3.63, 3.8) is 0 Å². The van der Waals surface area contributed by atoms with Crippen LogP contribution in [-0.4, -0.2) is 204 Å². The van der Waals surface area contributed by atoms with Gasteiger partial charge >= 0.3 is 25.7 Å². The molecule has 0 amide bonds. The Labute approximate surface area is 605 Å². The quantitative estimate of drug-likeness (QED) is 0.00886. The molecule has 3 fully saturated rings. The minimum Gasteiger partial charge on any atom is -0.463 e. The summed E-state index contributed by atoms with van der Waals surface area (Å²) < 4.78 is 65.2. The predicted octanol–water partition coefficient (Wildman–Crippen LogP) is 11.8. The molecule has 101 heavy (non-hydrogen) atoms. The molecule has 3 aliphatic rings. The lowest BCUT2D eigenvalue weighted by Crippen LogP contribution is -2.69. The van der Waals surface area contributed by atoms with Gasteiger partial charge in [-0.15, -0.1) is 0 Å². The van der Waals surface area contributed by atoms with E-state index >= 15 is 0 Å². The number of carbonyl (C=O) groups excluding carboxylic acids is 3. The number of esters is 3. The van der Waals surface area contributed by atoms with Crippen LogP contribution in [0.5, 0.6) is 0 Å². The Morgan fingerprint density at radius 3 is 1.18 bits per heavy atom. The summed E-state index contributed by atoms with van der Waals surface area (Å²) in [6, 6.07) is 0. The van der Waals surface area contributed by atoms with Gasteiger partial charge in [0.05, 0.1) is 13.2 Å². The van der Waals surface area contributed by atoms with E-state index in [0.717, 1.165) is 96.3 Å². The Morgan fingerprint density at radius 1 is 0.406 bits per heavy atom. The molecule has 19 unspecified atom stereocenters. The van der Waals surface area contributed by atoms with Gasteiger partial charge < -0.3 is 89.1 Å². The number of phosphoric ester groups is 1. The lowest BCUT2D eigenvalue weighted by atomic mass is 9.84. The van der Waals surface area contributed by atoms with Gasteiger partial charge in [-0.25, -0.2) is 4.57 Å². The number of hydrogen-bond donors (Lipinski definition) is 11. The molecule has 24 nitrogen and oxygen atoms in total. The molecule has 0 aromatic carbocycles. The predicted molar refractivity (Wildman–Crippen MR) is 384 cm³/mol. The molecule has 25 heteroatoms. The van der Waals surface area contributed by atoms with E-state index in [0.29, 0.717) is 25.2 Å². The Balaban J connectivity index is 1.73. The van der Waals surface area contributed by atoms with Crippen LogP contribution in [0.3, 0.4) is 0 Å². The Hall–Kier alpha value is -2.30. The summed E-state index contributed by atoms with van der Waals surface area (Å²) >= 11 is 0. The van der Waals surface area contributed by atoms with Crippen molar-refractivity contribution in [2.75, 3.05) is 26.4 Å². The van der Waals surface area contributed by atoms with Crippen molar-refractivity contribution >= 4 is 25.7 Å². The highest BCUT2D eigenvalue weighted by molar-refractivity contribution is 7.47. The number of ether oxygens (including phenoxy) is 7. The first-order valence-electron chi connectivity index (χ1n) is 39.9. The maximum Gasteiger partial charge on any atom is 0.472 e. The number of unbranched alkanes of at least 4 members (excludes halogenated alkanes) is 35. The van der Waals surface area contributed by atoms with E-state index in [4.69, 9.17) is 42.2 Å². The molecule has 0 aromatic rings. The van der Waals surface area contributed by atoms with Crippen molar-refractivity contribution in [3.8, 4) is 0 Å². The van der Waals surface area contributed by atoms with Crippen molar-refractivity contribution in [2.45, 2.75) is 421 Å². The molecule has 0 bridgehead atoms. The molecular weight excluding hydrogens is 1330 g/mol. The van der Waals surface area contributed by atoms with Gasteiger partial charge in [0.2, 0.25) is 0 Å². The average molecular weight is 1470 g/mol. The molecule has 0 spiro atoms. The second-order valence-corrected chi connectivity index (χ2v) is 30.5. The molecule has 3 rings (SSSR count). The summed E-state index contributed by atoms with van der Waals surface area (Å²) in [4.78, 5) is 51.2. The van der Waals surface area contributed by atoms with Crippen molar-refractivity contribution in [1.82, 2.24) is 0 Å². The van der Waals surface area contributed by atoms with E-state index in [1.165, 1.54) is 154 Å². The summed E-state index contributed by atoms with van der Waals surface area (Å²) in [5, 5.41) is 110. The van der Waals surface area contributed by atoms with Crippen molar-refractivity contribution in [1.29, 1.82) is 0 Å². The summed E-state index contributed by atoms with van der Waals surface area (Å²) in [6.45, 7) is 5.79. The van der Waals surface area contributed by atoms with Crippen molar-refractivity contribution in [3.05, 3.63) is 12.2 Å². The minimum atomic E-state index is -5.70. The Morgan fingerprint density at radius 2 is 0.752 bits per heavy atom. The van der Waals surface area contributed by atoms with Crippen molar-refractivity contribution in [2.24, 2.45) is 5.92 Å².